The second-order valence-corrected chi connectivity index (χ2v) is 6.01. The lowest BCUT2D eigenvalue weighted by atomic mass is 9.85. The van der Waals surface area contributed by atoms with Crippen molar-refractivity contribution >= 4 is 17.2 Å². The van der Waals surface area contributed by atoms with Crippen molar-refractivity contribution in [2.24, 2.45) is 5.41 Å². The first-order chi connectivity index (χ1) is 8.09. The molecule has 0 unspecified atom stereocenters. The van der Waals surface area contributed by atoms with E-state index >= 15 is 0 Å². The third kappa shape index (κ3) is 3.07. The van der Waals surface area contributed by atoms with Crippen LogP contribution in [0.1, 0.15) is 19.4 Å². The normalized spacial score (nSPS) is 17.2. The number of thiophene rings is 1. The summed E-state index contributed by atoms with van der Waals surface area (Å²) in [4.78, 5) is 14.4. The predicted molar refractivity (Wildman–Crippen MR) is 71.3 cm³/mol. The monoisotopic (exact) mass is 252 g/mol. The summed E-state index contributed by atoms with van der Waals surface area (Å²) < 4.78 is 0. The molecule has 0 spiro atoms. The highest BCUT2D eigenvalue weighted by Gasteiger charge is 2.32. The molecule has 1 aromatic heterocycles. The van der Waals surface area contributed by atoms with Gasteiger partial charge in [0.25, 0.3) is 0 Å². The molecule has 1 aromatic rings. The van der Waals surface area contributed by atoms with Crippen LogP contribution in [-0.2, 0) is 11.2 Å². The highest BCUT2D eigenvalue weighted by atomic mass is 32.1. The van der Waals surface area contributed by atoms with Gasteiger partial charge in [-0.2, -0.15) is 11.3 Å². The van der Waals surface area contributed by atoms with Crippen LogP contribution < -0.4 is 5.32 Å². The lowest BCUT2D eigenvalue weighted by Crippen LogP contribution is -2.51. The Kier molecular flexibility index (Phi) is 3.84. The number of carbonyl (C=O) groups is 1. The van der Waals surface area contributed by atoms with E-state index in [4.69, 9.17) is 0 Å². The Balaban J connectivity index is 2.00. The number of nitrogens with zero attached hydrogens (tertiary/aromatic N) is 1. The molecular weight excluding hydrogens is 232 g/mol. The molecule has 0 atom stereocenters. The van der Waals surface area contributed by atoms with Gasteiger partial charge in [0, 0.05) is 31.6 Å². The topological polar surface area (TPSA) is 32.3 Å². The number of rotatable bonds is 3. The second kappa shape index (κ2) is 5.19. The summed E-state index contributed by atoms with van der Waals surface area (Å²) in [5.41, 5.74) is 0.974. The zero-order valence-corrected chi connectivity index (χ0v) is 11.3. The van der Waals surface area contributed by atoms with Crippen LogP contribution in [0.2, 0.25) is 0 Å². The smallest absolute Gasteiger partial charge is 0.228 e. The maximum absolute atomic E-state index is 12.4. The Hall–Kier alpha value is -0.870. The minimum atomic E-state index is -0.293. The number of carbonyl (C=O) groups excluding carboxylic acids is 1. The summed E-state index contributed by atoms with van der Waals surface area (Å²) in [5.74, 6) is 0.283. The first kappa shape index (κ1) is 12.6. The van der Waals surface area contributed by atoms with E-state index in [1.807, 2.05) is 4.90 Å². The van der Waals surface area contributed by atoms with Crippen molar-refractivity contribution < 1.29 is 4.79 Å². The fourth-order valence-electron chi connectivity index (χ4n) is 2.28. The summed E-state index contributed by atoms with van der Waals surface area (Å²) in [5, 5.41) is 7.48. The van der Waals surface area contributed by atoms with Gasteiger partial charge in [0.15, 0.2) is 0 Å². The molecule has 1 aliphatic heterocycles. The van der Waals surface area contributed by atoms with Crippen LogP contribution in [0.25, 0.3) is 0 Å². The molecule has 0 bridgehead atoms. The van der Waals surface area contributed by atoms with Crippen LogP contribution in [0, 0.1) is 5.41 Å². The van der Waals surface area contributed by atoms with Crippen molar-refractivity contribution in [1.29, 1.82) is 0 Å². The maximum atomic E-state index is 12.4. The molecule has 2 rings (SSSR count). The van der Waals surface area contributed by atoms with Gasteiger partial charge in [-0.25, -0.2) is 0 Å². The molecule has 0 aromatic carbocycles. The van der Waals surface area contributed by atoms with E-state index < -0.39 is 0 Å². The largest absolute Gasteiger partial charge is 0.340 e. The summed E-state index contributed by atoms with van der Waals surface area (Å²) >= 11 is 1.69. The van der Waals surface area contributed by atoms with Crippen molar-refractivity contribution in [3.05, 3.63) is 22.4 Å². The lowest BCUT2D eigenvalue weighted by molar-refractivity contribution is -0.140. The Bertz CT molecular complexity index is 367. The van der Waals surface area contributed by atoms with Crippen molar-refractivity contribution in [2.75, 3.05) is 26.2 Å². The molecule has 0 aliphatic carbocycles. The van der Waals surface area contributed by atoms with Gasteiger partial charge in [-0.15, -0.1) is 0 Å². The minimum Gasteiger partial charge on any atom is -0.340 e. The zero-order valence-electron chi connectivity index (χ0n) is 10.5. The van der Waals surface area contributed by atoms with E-state index in [1.54, 1.807) is 11.3 Å². The standard InChI is InChI=1S/C13H20N2OS/c1-13(2,9-11-3-8-17-10-11)12(16)15-6-4-14-5-7-15/h3,8,10,14H,4-7,9H2,1-2H3. The van der Waals surface area contributed by atoms with Crippen LogP contribution in [0.4, 0.5) is 0 Å². The fraction of sp³-hybridized carbons (Fsp3) is 0.615. The highest BCUT2D eigenvalue weighted by Crippen LogP contribution is 2.26. The van der Waals surface area contributed by atoms with E-state index in [0.29, 0.717) is 0 Å². The molecule has 3 nitrogen and oxygen atoms in total. The molecule has 1 amide bonds. The number of hydrogen-bond donors (Lipinski definition) is 1. The molecule has 94 valence electrons. The maximum Gasteiger partial charge on any atom is 0.228 e. The van der Waals surface area contributed by atoms with E-state index in [0.717, 1.165) is 32.6 Å². The Morgan fingerprint density at radius 1 is 1.47 bits per heavy atom. The molecule has 0 radical (unpaired) electrons. The van der Waals surface area contributed by atoms with Crippen LogP contribution >= 0.6 is 11.3 Å². The summed E-state index contributed by atoms with van der Waals surface area (Å²) in [6, 6.07) is 2.11. The van der Waals surface area contributed by atoms with Gasteiger partial charge < -0.3 is 10.2 Å². The van der Waals surface area contributed by atoms with Crippen LogP contribution in [0.3, 0.4) is 0 Å². The Morgan fingerprint density at radius 2 is 2.18 bits per heavy atom. The third-order valence-electron chi connectivity index (χ3n) is 3.21. The van der Waals surface area contributed by atoms with Gasteiger partial charge in [-0.3, -0.25) is 4.79 Å². The van der Waals surface area contributed by atoms with Gasteiger partial charge in [-0.1, -0.05) is 13.8 Å². The fourth-order valence-corrected chi connectivity index (χ4v) is 2.94. The van der Waals surface area contributed by atoms with E-state index in [9.17, 15) is 4.79 Å². The average molecular weight is 252 g/mol. The number of nitrogens with one attached hydrogen (secondary N) is 1. The Morgan fingerprint density at radius 3 is 2.76 bits per heavy atom. The van der Waals surface area contributed by atoms with Crippen molar-refractivity contribution in [3.8, 4) is 0 Å². The molecule has 1 N–H and O–H groups in total. The molecular formula is C13H20N2OS. The average Bonchev–Trinajstić information content (AvgIpc) is 2.81. The van der Waals surface area contributed by atoms with Crippen molar-refractivity contribution in [1.82, 2.24) is 10.2 Å². The van der Waals surface area contributed by atoms with Crippen LogP contribution in [-0.4, -0.2) is 37.0 Å². The molecule has 4 heteroatoms. The quantitative estimate of drug-likeness (QED) is 0.889. The van der Waals surface area contributed by atoms with Crippen LogP contribution in [0.15, 0.2) is 16.8 Å². The molecule has 1 saturated heterocycles. The highest BCUT2D eigenvalue weighted by molar-refractivity contribution is 7.07. The molecule has 0 saturated carbocycles. The van der Waals surface area contributed by atoms with Gasteiger partial charge in [0.05, 0.1) is 0 Å². The van der Waals surface area contributed by atoms with Crippen molar-refractivity contribution in [2.45, 2.75) is 20.3 Å². The summed E-state index contributed by atoms with van der Waals surface area (Å²) in [7, 11) is 0. The third-order valence-corrected chi connectivity index (χ3v) is 3.94. The van der Waals surface area contributed by atoms with E-state index in [1.165, 1.54) is 5.56 Å². The van der Waals surface area contributed by atoms with Crippen molar-refractivity contribution in [3.63, 3.8) is 0 Å². The van der Waals surface area contributed by atoms with E-state index in [2.05, 4.69) is 36.0 Å². The molecule has 1 fully saturated rings. The van der Waals surface area contributed by atoms with Gasteiger partial charge in [-0.05, 0) is 28.8 Å². The van der Waals surface area contributed by atoms with Gasteiger partial charge in [0.1, 0.15) is 0 Å². The first-order valence-corrected chi connectivity index (χ1v) is 7.05. The van der Waals surface area contributed by atoms with Crippen LogP contribution in [0.5, 0.6) is 0 Å². The predicted octanol–water partition coefficient (Wildman–Crippen LogP) is 1.75. The summed E-state index contributed by atoms with van der Waals surface area (Å²) in [6.45, 7) is 7.61. The zero-order chi connectivity index (χ0) is 12.3. The van der Waals surface area contributed by atoms with E-state index in [-0.39, 0.29) is 11.3 Å². The Labute approximate surface area is 107 Å². The minimum absolute atomic E-state index is 0.283. The second-order valence-electron chi connectivity index (χ2n) is 5.23. The molecule has 17 heavy (non-hydrogen) atoms. The SMILES string of the molecule is CC(C)(Cc1ccsc1)C(=O)N1CCNCC1. The molecule has 1 aliphatic rings. The van der Waals surface area contributed by atoms with Gasteiger partial charge >= 0.3 is 0 Å². The number of hydrogen-bond acceptors (Lipinski definition) is 3. The molecule has 2 heterocycles. The number of piperazine rings is 1. The number of amides is 1. The van der Waals surface area contributed by atoms with Gasteiger partial charge in [0.2, 0.25) is 5.91 Å². The first-order valence-electron chi connectivity index (χ1n) is 6.11. The summed E-state index contributed by atoms with van der Waals surface area (Å²) in [6.07, 6.45) is 0.833. The lowest BCUT2D eigenvalue weighted by Gasteiger charge is -2.34.